The van der Waals surface area contributed by atoms with Gasteiger partial charge < -0.3 is 5.73 Å². The van der Waals surface area contributed by atoms with Crippen molar-refractivity contribution in [3.8, 4) is 0 Å². The van der Waals surface area contributed by atoms with E-state index in [0.717, 1.165) is 6.42 Å². The van der Waals surface area contributed by atoms with Crippen LogP contribution in [0.25, 0.3) is 0 Å². The molecule has 0 amide bonds. The summed E-state index contributed by atoms with van der Waals surface area (Å²) >= 11 is 0. The summed E-state index contributed by atoms with van der Waals surface area (Å²) in [4.78, 5) is 4.14. The average Bonchev–Trinajstić information content (AvgIpc) is 2.66. The summed E-state index contributed by atoms with van der Waals surface area (Å²) in [5, 5.41) is 4.19. The highest BCUT2D eigenvalue weighted by atomic mass is 15.3. The first-order valence-corrected chi connectivity index (χ1v) is 4.91. The Balaban J connectivity index is 2.07. The second-order valence-corrected chi connectivity index (χ2v) is 3.57. The molecule has 0 radical (unpaired) electrons. The van der Waals surface area contributed by atoms with Gasteiger partial charge in [0.2, 0.25) is 0 Å². The van der Waals surface area contributed by atoms with Crippen LogP contribution in [0.3, 0.4) is 0 Å². The van der Waals surface area contributed by atoms with Crippen molar-refractivity contribution in [3.05, 3.63) is 48.0 Å². The lowest BCUT2D eigenvalue weighted by Gasteiger charge is -2.06. The fourth-order valence-corrected chi connectivity index (χ4v) is 1.49. The Kier molecular flexibility index (Phi) is 2.78. The molecule has 0 bridgehead atoms. The summed E-state index contributed by atoms with van der Waals surface area (Å²) in [5.74, 6) is 0.696. The lowest BCUT2D eigenvalue weighted by atomic mass is 10.1. The van der Waals surface area contributed by atoms with Gasteiger partial charge in [-0.05, 0) is 12.0 Å². The van der Waals surface area contributed by atoms with Crippen LogP contribution in [-0.4, -0.2) is 14.8 Å². The van der Waals surface area contributed by atoms with Crippen LogP contribution in [0.4, 0.5) is 0 Å². The molecule has 2 N–H and O–H groups in total. The molecule has 0 saturated carbocycles. The number of benzene rings is 1. The van der Waals surface area contributed by atoms with Crippen molar-refractivity contribution in [2.75, 3.05) is 0 Å². The van der Waals surface area contributed by atoms with Gasteiger partial charge in [-0.3, -0.25) is 4.68 Å². The number of aryl methyl sites for hydroxylation is 1. The second kappa shape index (κ2) is 4.23. The molecule has 0 aliphatic heterocycles. The van der Waals surface area contributed by atoms with E-state index >= 15 is 0 Å². The van der Waals surface area contributed by atoms with E-state index in [0.29, 0.717) is 5.82 Å². The van der Waals surface area contributed by atoms with E-state index in [9.17, 15) is 0 Å². The molecule has 4 nitrogen and oxygen atoms in total. The molecule has 0 aliphatic carbocycles. The van der Waals surface area contributed by atoms with E-state index in [-0.39, 0.29) is 6.04 Å². The van der Waals surface area contributed by atoms with Crippen molar-refractivity contribution >= 4 is 0 Å². The lowest BCUT2D eigenvalue weighted by molar-refractivity contribution is 0.647. The van der Waals surface area contributed by atoms with Gasteiger partial charge in [-0.25, -0.2) is 4.98 Å². The monoisotopic (exact) mass is 202 g/mol. The molecule has 2 aromatic rings. The molecule has 15 heavy (non-hydrogen) atoms. The Hall–Kier alpha value is -1.68. The third-order valence-electron chi connectivity index (χ3n) is 2.25. The Morgan fingerprint density at radius 2 is 2.07 bits per heavy atom. The molecule has 0 spiro atoms. The van der Waals surface area contributed by atoms with Gasteiger partial charge in [0.25, 0.3) is 0 Å². The van der Waals surface area contributed by atoms with Gasteiger partial charge in [0.05, 0.1) is 6.04 Å². The third-order valence-corrected chi connectivity index (χ3v) is 2.25. The predicted molar refractivity (Wildman–Crippen MR) is 58.1 cm³/mol. The van der Waals surface area contributed by atoms with Crippen LogP contribution in [0.5, 0.6) is 0 Å². The van der Waals surface area contributed by atoms with Gasteiger partial charge in [0.1, 0.15) is 6.33 Å². The largest absolute Gasteiger partial charge is 0.321 e. The molecule has 4 heteroatoms. The minimum absolute atomic E-state index is 0.131. The first kappa shape index (κ1) is 9.86. The van der Waals surface area contributed by atoms with Crippen molar-refractivity contribution in [2.24, 2.45) is 12.8 Å². The van der Waals surface area contributed by atoms with E-state index in [1.807, 2.05) is 25.2 Å². The molecule has 0 aliphatic rings. The van der Waals surface area contributed by atoms with Crippen LogP contribution in [0.1, 0.15) is 17.4 Å². The van der Waals surface area contributed by atoms with Gasteiger partial charge >= 0.3 is 0 Å². The van der Waals surface area contributed by atoms with Gasteiger partial charge in [-0.1, -0.05) is 30.3 Å². The van der Waals surface area contributed by atoms with Crippen LogP contribution in [0.15, 0.2) is 36.7 Å². The fraction of sp³-hybridized carbons (Fsp3) is 0.273. The van der Waals surface area contributed by atoms with Crippen molar-refractivity contribution < 1.29 is 0 Å². The first-order chi connectivity index (χ1) is 7.25. The van der Waals surface area contributed by atoms with Gasteiger partial charge in [0.15, 0.2) is 5.82 Å². The summed E-state index contributed by atoms with van der Waals surface area (Å²) in [5.41, 5.74) is 7.21. The van der Waals surface area contributed by atoms with E-state index < -0.39 is 0 Å². The maximum Gasteiger partial charge on any atom is 0.167 e. The third kappa shape index (κ3) is 2.41. The van der Waals surface area contributed by atoms with E-state index in [1.54, 1.807) is 11.0 Å². The fourth-order valence-electron chi connectivity index (χ4n) is 1.49. The van der Waals surface area contributed by atoms with Crippen molar-refractivity contribution in [1.29, 1.82) is 0 Å². The molecule has 1 aromatic heterocycles. The summed E-state index contributed by atoms with van der Waals surface area (Å²) in [6.45, 7) is 0. The van der Waals surface area contributed by atoms with E-state index in [1.165, 1.54) is 5.56 Å². The normalized spacial score (nSPS) is 12.7. The molecule has 1 heterocycles. The zero-order valence-corrected chi connectivity index (χ0v) is 8.67. The number of nitrogens with zero attached hydrogens (tertiary/aromatic N) is 3. The quantitative estimate of drug-likeness (QED) is 0.809. The molecule has 0 unspecified atom stereocenters. The SMILES string of the molecule is Cn1cnc([C@@H](N)Cc2ccccc2)n1. The molecule has 78 valence electrons. The number of hydrogen-bond acceptors (Lipinski definition) is 3. The smallest absolute Gasteiger partial charge is 0.167 e. The standard InChI is InChI=1S/C11H14N4/c1-15-8-13-11(14-15)10(12)7-9-5-3-2-4-6-9/h2-6,8,10H,7,12H2,1H3/t10-/m0/s1. The number of hydrogen-bond donors (Lipinski definition) is 1. The molecule has 0 saturated heterocycles. The van der Waals surface area contributed by atoms with Crippen LogP contribution >= 0.6 is 0 Å². The Morgan fingerprint density at radius 3 is 2.67 bits per heavy atom. The Labute approximate surface area is 88.8 Å². The van der Waals surface area contributed by atoms with Crippen LogP contribution < -0.4 is 5.73 Å². The topological polar surface area (TPSA) is 56.7 Å². The molecule has 1 atom stereocenters. The molecule has 1 aromatic carbocycles. The average molecular weight is 202 g/mol. The minimum Gasteiger partial charge on any atom is -0.321 e. The lowest BCUT2D eigenvalue weighted by Crippen LogP contribution is -2.15. The molecular weight excluding hydrogens is 188 g/mol. The minimum atomic E-state index is -0.131. The second-order valence-electron chi connectivity index (χ2n) is 3.57. The molecule has 2 rings (SSSR count). The van der Waals surface area contributed by atoms with Crippen LogP contribution in [0, 0.1) is 0 Å². The van der Waals surface area contributed by atoms with Gasteiger partial charge in [-0.2, -0.15) is 5.10 Å². The summed E-state index contributed by atoms with van der Waals surface area (Å²) in [6, 6.07) is 10.00. The van der Waals surface area contributed by atoms with Gasteiger partial charge in [-0.15, -0.1) is 0 Å². The molecule has 0 fully saturated rings. The summed E-state index contributed by atoms with van der Waals surface area (Å²) in [6.07, 6.45) is 2.44. The maximum atomic E-state index is 6.00. The summed E-state index contributed by atoms with van der Waals surface area (Å²) < 4.78 is 1.67. The highest BCUT2D eigenvalue weighted by Crippen LogP contribution is 2.11. The zero-order valence-electron chi connectivity index (χ0n) is 8.67. The Bertz CT molecular complexity index is 421. The zero-order chi connectivity index (χ0) is 10.7. The maximum absolute atomic E-state index is 6.00. The number of aromatic nitrogens is 3. The van der Waals surface area contributed by atoms with Gasteiger partial charge in [0, 0.05) is 7.05 Å². The number of nitrogens with two attached hydrogens (primary N) is 1. The number of rotatable bonds is 3. The predicted octanol–water partition coefficient (Wildman–Crippen LogP) is 1.06. The van der Waals surface area contributed by atoms with E-state index in [4.69, 9.17) is 5.73 Å². The van der Waals surface area contributed by atoms with Crippen LogP contribution in [0.2, 0.25) is 0 Å². The van der Waals surface area contributed by atoms with Crippen molar-refractivity contribution in [2.45, 2.75) is 12.5 Å². The molecular formula is C11H14N4. The summed E-state index contributed by atoms with van der Waals surface area (Å²) in [7, 11) is 1.84. The Morgan fingerprint density at radius 1 is 1.33 bits per heavy atom. The highest BCUT2D eigenvalue weighted by Gasteiger charge is 2.10. The highest BCUT2D eigenvalue weighted by molar-refractivity contribution is 5.16. The van der Waals surface area contributed by atoms with Crippen molar-refractivity contribution in [1.82, 2.24) is 14.8 Å². The first-order valence-electron chi connectivity index (χ1n) is 4.91. The van der Waals surface area contributed by atoms with Crippen molar-refractivity contribution in [3.63, 3.8) is 0 Å². The van der Waals surface area contributed by atoms with Crippen LogP contribution in [-0.2, 0) is 13.5 Å². The van der Waals surface area contributed by atoms with E-state index in [2.05, 4.69) is 22.2 Å².